The molecule has 1 fully saturated rings. The molecule has 4 rings (SSSR count). The highest BCUT2D eigenvalue weighted by atomic mass is 32.1. The highest BCUT2D eigenvalue weighted by Gasteiger charge is 2.20. The number of nitrogens with one attached hydrogen (secondary N) is 1. The van der Waals surface area contributed by atoms with Crippen molar-refractivity contribution in [2.24, 2.45) is 0 Å². The molecule has 0 aliphatic heterocycles. The lowest BCUT2D eigenvalue weighted by atomic mass is 10.3. The Morgan fingerprint density at radius 3 is 3.10 bits per heavy atom. The lowest BCUT2D eigenvalue weighted by molar-refractivity contribution is 0.680. The van der Waals surface area contributed by atoms with Crippen molar-refractivity contribution < 1.29 is 0 Å². The zero-order chi connectivity index (χ0) is 13.4. The van der Waals surface area contributed by atoms with Crippen molar-refractivity contribution in [2.45, 2.75) is 32.0 Å². The number of hydrogen-bond acceptors (Lipinski definition) is 4. The van der Waals surface area contributed by atoms with Crippen molar-refractivity contribution in [3.05, 3.63) is 46.7 Å². The molecular weight excluding hydrogens is 268 g/mol. The van der Waals surface area contributed by atoms with Crippen molar-refractivity contribution >= 4 is 22.4 Å². The van der Waals surface area contributed by atoms with Gasteiger partial charge in [-0.15, -0.1) is 11.3 Å². The average Bonchev–Trinajstić information content (AvgIpc) is 3.06. The number of nitrogens with zero attached hydrogens (tertiary/aromatic N) is 3. The van der Waals surface area contributed by atoms with Gasteiger partial charge in [0.25, 0.3) is 0 Å². The summed E-state index contributed by atoms with van der Waals surface area (Å²) in [6.07, 6.45) is 4.53. The molecule has 0 unspecified atom stereocenters. The molecule has 1 aromatic carbocycles. The van der Waals surface area contributed by atoms with E-state index in [0.717, 1.165) is 35.9 Å². The molecule has 20 heavy (non-hydrogen) atoms. The van der Waals surface area contributed by atoms with Crippen molar-refractivity contribution in [1.29, 1.82) is 0 Å². The van der Waals surface area contributed by atoms with Crippen molar-refractivity contribution in [3.8, 4) is 0 Å². The van der Waals surface area contributed by atoms with Crippen LogP contribution in [0.3, 0.4) is 0 Å². The van der Waals surface area contributed by atoms with E-state index in [1.54, 1.807) is 11.3 Å². The van der Waals surface area contributed by atoms with Gasteiger partial charge in [0.2, 0.25) is 0 Å². The van der Waals surface area contributed by atoms with Crippen molar-refractivity contribution in [2.75, 3.05) is 0 Å². The molecule has 0 amide bonds. The zero-order valence-corrected chi connectivity index (χ0v) is 11.9. The molecule has 102 valence electrons. The first-order valence-electron chi connectivity index (χ1n) is 6.95. The number of rotatable bonds is 5. The quantitative estimate of drug-likeness (QED) is 0.783. The SMILES string of the molecule is c1ccc2c(c1)ncn2Cc1csc(CNC2CC2)n1. The Kier molecular flexibility index (Phi) is 3.01. The highest BCUT2D eigenvalue weighted by Crippen LogP contribution is 2.20. The van der Waals surface area contributed by atoms with Crippen LogP contribution in [0.2, 0.25) is 0 Å². The molecule has 0 radical (unpaired) electrons. The van der Waals surface area contributed by atoms with Gasteiger partial charge in [0.05, 0.1) is 29.6 Å². The summed E-state index contributed by atoms with van der Waals surface area (Å²) in [5, 5.41) is 6.83. The lowest BCUT2D eigenvalue weighted by Gasteiger charge is -2.01. The number of para-hydroxylation sites is 2. The van der Waals surface area contributed by atoms with Crippen LogP contribution < -0.4 is 5.32 Å². The fourth-order valence-corrected chi connectivity index (χ4v) is 3.07. The molecule has 1 saturated carbocycles. The van der Waals surface area contributed by atoms with Gasteiger partial charge in [-0.1, -0.05) is 12.1 Å². The third-order valence-corrected chi connectivity index (χ3v) is 4.48. The number of aromatic nitrogens is 3. The van der Waals surface area contributed by atoms with E-state index in [4.69, 9.17) is 4.98 Å². The Labute approximate surface area is 121 Å². The minimum atomic E-state index is 0.736. The van der Waals surface area contributed by atoms with Crippen LogP contribution in [-0.2, 0) is 13.1 Å². The van der Waals surface area contributed by atoms with Crippen LogP contribution in [0, 0.1) is 0 Å². The first-order valence-corrected chi connectivity index (χ1v) is 7.83. The van der Waals surface area contributed by atoms with Gasteiger partial charge in [-0.2, -0.15) is 0 Å². The maximum absolute atomic E-state index is 4.70. The minimum absolute atomic E-state index is 0.736. The van der Waals surface area contributed by atoms with Crippen LogP contribution in [0.5, 0.6) is 0 Å². The van der Waals surface area contributed by atoms with Gasteiger partial charge in [-0.25, -0.2) is 9.97 Å². The van der Waals surface area contributed by atoms with Gasteiger partial charge >= 0.3 is 0 Å². The molecule has 3 aromatic rings. The molecule has 1 aliphatic rings. The summed E-state index contributed by atoms with van der Waals surface area (Å²) in [5.41, 5.74) is 3.32. The summed E-state index contributed by atoms with van der Waals surface area (Å²) in [7, 11) is 0. The largest absolute Gasteiger partial charge is 0.324 e. The predicted octanol–water partition coefficient (Wildman–Crippen LogP) is 2.79. The molecule has 0 bridgehead atoms. The molecule has 5 heteroatoms. The second kappa shape index (κ2) is 5.00. The van der Waals surface area contributed by atoms with Crippen molar-refractivity contribution in [1.82, 2.24) is 19.9 Å². The number of imidazole rings is 1. The average molecular weight is 284 g/mol. The summed E-state index contributed by atoms with van der Waals surface area (Å²) in [4.78, 5) is 9.11. The van der Waals surface area contributed by atoms with E-state index >= 15 is 0 Å². The van der Waals surface area contributed by atoms with Crippen LogP contribution in [0.15, 0.2) is 36.0 Å². The zero-order valence-electron chi connectivity index (χ0n) is 11.1. The van der Waals surface area contributed by atoms with Crippen LogP contribution in [0.1, 0.15) is 23.5 Å². The Morgan fingerprint density at radius 1 is 1.30 bits per heavy atom. The smallest absolute Gasteiger partial charge is 0.107 e. The van der Waals surface area contributed by atoms with Gasteiger partial charge in [-0.3, -0.25) is 0 Å². The van der Waals surface area contributed by atoms with E-state index in [1.807, 2.05) is 24.5 Å². The summed E-state index contributed by atoms with van der Waals surface area (Å²) in [6, 6.07) is 8.94. The van der Waals surface area contributed by atoms with Crippen LogP contribution in [-0.4, -0.2) is 20.6 Å². The van der Waals surface area contributed by atoms with Gasteiger partial charge in [0, 0.05) is 18.0 Å². The Bertz CT molecular complexity index is 726. The normalized spacial score (nSPS) is 15.0. The van der Waals surface area contributed by atoms with Gasteiger partial charge in [-0.05, 0) is 25.0 Å². The number of benzene rings is 1. The highest BCUT2D eigenvalue weighted by molar-refractivity contribution is 7.09. The first kappa shape index (κ1) is 12.1. The van der Waals surface area contributed by atoms with Gasteiger partial charge in [0.15, 0.2) is 0 Å². The Balaban J connectivity index is 1.50. The number of thiazole rings is 1. The van der Waals surface area contributed by atoms with E-state index in [9.17, 15) is 0 Å². The van der Waals surface area contributed by atoms with E-state index in [1.165, 1.54) is 17.8 Å². The molecular formula is C15H16N4S. The third kappa shape index (κ3) is 2.46. The van der Waals surface area contributed by atoms with Crippen molar-refractivity contribution in [3.63, 3.8) is 0 Å². The fourth-order valence-electron chi connectivity index (χ4n) is 2.33. The maximum atomic E-state index is 4.70. The molecule has 0 atom stereocenters. The molecule has 4 nitrogen and oxygen atoms in total. The molecule has 2 heterocycles. The van der Waals surface area contributed by atoms with Crippen LogP contribution in [0.25, 0.3) is 11.0 Å². The standard InChI is InChI=1S/C15H16N4S/c1-2-4-14-13(3-1)17-10-19(14)8-12-9-20-15(18-12)7-16-11-5-6-11/h1-4,9-11,16H,5-8H2. The third-order valence-electron chi connectivity index (χ3n) is 3.58. The molecule has 0 spiro atoms. The monoisotopic (exact) mass is 284 g/mol. The van der Waals surface area contributed by atoms with E-state index < -0.39 is 0 Å². The van der Waals surface area contributed by atoms with Crippen LogP contribution in [0.4, 0.5) is 0 Å². The molecule has 0 saturated heterocycles. The predicted molar refractivity (Wildman–Crippen MR) is 80.8 cm³/mol. The summed E-state index contributed by atoms with van der Waals surface area (Å²) < 4.78 is 2.16. The minimum Gasteiger partial charge on any atom is -0.324 e. The molecule has 1 aliphatic carbocycles. The Morgan fingerprint density at radius 2 is 2.20 bits per heavy atom. The van der Waals surface area contributed by atoms with Crippen LogP contribution >= 0.6 is 11.3 Å². The van der Waals surface area contributed by atoms with E-state index in [0.29, 0.717) is 0 Å². The van der Waals surface area contributed by atoms with Gasteiger partial charge < -0.3 is 9.88 Å². The lowest BCUT2D eigenvalue weighted by Crippen LogP contribution is -2.15. The maximum Gasteiger partial charge on any atom is 0.107 e. The summed E-state index contributed by atoms with van der Waals surface area (Å²) in [5.74, 6) is 0. The second-order valence-electron chi connectivity index (χ2n) is 5.25. The molecule has 1 N–H and O–H groups in total. The first-order chi connectivity index (χ1) is 9.88. The summed E-state index contributed by atoms with van der Waals surface area (Å²) >= 11 is 1.74. The van der Waals surface area contributed by atoms with E-state index in [-0.39, 0.29) is 0 Å². The number of hydrogen-bond donors (Lipinski definition) is 1. The Hall–Kier alpha value is -1.72. The fraction of sp³-hybridized carbons (Fsp3) is 0.333. The molecule has 2 aromatic heterocycles. The number of fused-ring (bicyclic) bond motifs is 1. The topological polar surface area (TPSA) is 42.7 Å². The summed E-state index contributed by atoms with van der Waals surface area (Å²) in [6.45, 7) is 1.69. The second-order valence-corrected chi connectivity index (χ2v) is 6.19. The van der Waals surface area contributed by atoms with E-state index in [2.05, 4.69) is 26.3 Å². The van der Waals surface area contributed by atoms with Gasteiger partial charge in [0.1, 0.15) is 5.01 Å².